The predicted octanol–water partition coefficient (Wildman–Crippen LogP) is 1.39. The van der Waals surface area contributed by atoms with Crippen molar-refractivity contribution in [3.8, 4) is 23.0 Å². The van der Waals surface area contributed by atoms with Crippen LogP contribution in [0.15, 0.2) is 12.1 Å². The van der Waals surface area contributed by atoms with E-state index in [1.807, 2.05) is 0 Å². The Labute approximate surface area is 136 Å². The highest BCUT2D eigenvalue weighted by atomic mass is 16.5. The van der Waals surface area contributed by atoms with Gasteiger partial charge in [0.1, 0.15) is 11.5 Å². The summed E-state index contributed by atoms with van der Waals surface area (Å²) >= 11 is 0. The molecule has 7 heteroatoms. The number of ether oxygens (including phenoxy) is 1. The number of carbonyl (C=O) groups excluding carboxylic acids is 2. The molecule has 2 aromatic carbocycles. The van der Waals surface area contributed by atoms with Gasteiger partial charge in [-0.1, -0.05) is 0 Å². The smallest absolute Gasteiger partial charge is 0.202 e. The zero-order valence-corrected chi connectivity index (χ0v) is 12.9. The summed E-state index contributed by atoms with van der Waals surface area (Å²) in [6, 6.07) is 2.39. The van der Waals surface area contributed by atoms with Crippen LogP contribution in [0.2, 0.25) is 0 Å². The summed E-state index contributed by atoms with van der Waals surface area (Å²) in [5, 5.41) is 39.4. The normalized spacial score (nSPS) is 12.8. The van der Waals surface area contributed by atoms with E-state index in [2.05, 4.69) is 0 Å². The lowest BCUT2D eigenvalue weighted by atomic mass is 9.81. The fourth-order valence-electron chi connectivity index (χ4n) is 2.91. The van der Waals surface area contributed by atoms with Crippen molar-refractivity contribution in [3.63, 3.8) is 0 Å². The number of fused-ring (bicyclic) bond motifs is 2. The molecular weight excluding hydrogens is 316 g/mol. The van der Waals surface area contributed by atoms with Gasteiger partial charge in [0.2, 0.25) is 5.78 Å². The van der Waals surface area contributed by atoms with Crippen molar-refractivity contribution in [3.05, 3.63) is 45.5 Å². The Morgan fingerprint density at radius 3 is 2.17 bits per heavy atom. The molecule has 3 rings (SSSR count). The summed E-state index contributed by atoms with van der Waals surface area (Å²) < 4.78 is 5.07. The molecule has 0 fully saturated rings. The van der Waals surface area contributed by atoms with Gasteiger partial charge in [-0.3, -0.25) is 9.59 Å². The van der Waals surface area contributed by atoms with Crippen LogP contribution in [-0.4, -0.2) is 39.1 Å². The van der Waals surface area contributed by atoms with Crippen molar-refractivity contribution < 1.29 is 34.8 Å². The molecule has 7 nitrogen and oxygen atoms in total. The molecule has 0 unspecified atom stereocenters. The molecule has 2 aromatic rings. The van der Waals surface area contributed by atoms with E-state index >= 15 is 0 Å². The number of aliphatic hydroxyl groups excluding tert-OH is 1. The average Bonchev–Trinajstić information content (AvgIpc) is 2.54. The number of carbonyl (C=O) groups is 2. The molecule has 0 amide bonds. The number of methoxy groups -OCH3 is 1. The van der Waals surface area contributed by atoms with Crippen LogP contribution in [0.4, 0.5) is 0 Å². The first-order valence-corrected chi connectivity index (χ1v) is 7.02. The third kappa shape index (κ3) is 1.88. The Kier molecular flexibility index (Phi) is 3.46. The molecule has 124 valence electrons. The summed E-state index contributed by atoms with van der Waals surface area (Å²) in [5.41, 5.74) is -0.579. The van der Waals surface area contributed by atoms with Crippen molar-refractivity contribution in [1.29, 1.82) is 0 Å². The van der Waals surface area contributed by atoms with Crippen LogP contribution in [0.3, 0.4) is 0 Å². The second-order valence-electron chi connectivity index (χ2n) is 5.46. The number of ketones is 2. The maximum absolute atomic E-state index is 12.8. The van der Waals surface area contributed by atoms with Crippen LogP contribution in [0.25, 0.3) is 0 Å². The van der Waals surface area contributed by atoms with Gasteiger partial charge >= 0.3 is 0 Å². The highest BCUT2D eigenvalue weighted by Gasteiger charge is 2.38. The summed E-state index contributed by atoms with van der Waals surface area (Å²) in [5.74, 6) is -2.93. The Bertz CT molecular complexity index is 912. The van der Waals surface area contributed by atoms with E-state index in [-0.39, 0.29) is 39.3 Å². The molecule has 0 saturated heterocycles. The van der Waals surface area contributed by atoms with E-state index in [9.17, 15) is 30.0 Å². The van der Waals surface area contributed by atoms with E-state index in [1.165, 1.54) is 13.2 Å². The molecule has 1 aliphatic carbocycles. The van der Waals surface area contributed by atoms with Gasteiger partial charge in [-0.15, -0.1) is 0 Å². The summed E-state index contributed by atoms with van der Waals surface area (Å²) in [6.45, 7) is 0.838. The molecule has 0 radical (unpaired) electrons. The topological polar surface area (TPSA) is 124 Å². The minimum absolute atomic E-state index is 0.00944. The van der Waals surface area contributed by atoms with Crippen LogP contribution in [-0.2, 0) is 6.61 Å². The van der Waals surface area contributed by atoms with Gasteiger partial charge in [0, 0.05) is 11.1 Å². The first-order chi connectivity index (χ1) is 11.3. The van der Waals surface area contributed by atoms with Gasteiger partial charge in [-0.2, -0.15) is 0 Å². The lowest BCUT2D eigenvalue weighted by molar-refractivity contribution is 0.0972. The minimum atomic E-state index is -0.737. The number of aliphatic hydroxyl groups is 1. The third-order valence-corrected chi connectivity index (χ3v) is 4.13. The molecule has 0 atom stereocenters. The molecule has 0 bridgehead atoms. The first-order valence-electron chi connectivity index (χ1n) is 7.02. The van der Waals surface area contributed by atoms with Crippen LogP contribution in [0.1, 0.15) is 43.0 Å². The average molecular weight is 330 g/mol. The van der Waals surface area contributed by atoms with Crippen molar-refractivity contribution in [1.82, 2.24) is 0 Å². The molecular formula is C17H14O7. The Hall–Kier alpha value is -3.06. The maximum Gasteiger partial charge on any atom is 0.202 e. The summed E-state index contributed by atoms with van der Waals surface area (Å²) in [4.78, 5) is 25.5. The standard InChI is InChI=1S/C17H14O7/c1-6-3-7-12(17(24-2)13(6)20)16(23)11-8(14(7)21)4-10(19)9(5-18)15(11)22/h3-4,18-20,22H,5H2,1-2H3. The zero-order valence-electron chi connectivity index (χ0n) is 12.9. The van der Waals surface area contributed by atoms with Gasteiger partial charge in [0.25, 0.3) is 0 Å². The number of benzene rings is 2. The van der Waals surface area contributed by atoms with E-state index in [1.54, 1.807) is 6.92 Å². The van der Waals surface area contributed by atoms with Gasteiger partial charge in [-0.25, -0.2) is 0 Å². The molecule has 0 aliphatic heterocycles. The van der Waals surface area contributed by atoms with Gasteiger partial charge in [-0.05, 0) is 24.6 Å². The number of phenols is 3. The monoisotopic (exact) mass is 330 g/mol. The number of hydrogen-bond acceptors (Lipinski definition) is 7. The molecule has 24 heavy (non-hydrogen) atoms. The fourth-order valence-corrected chi connectivity index (χ4v) is 2.91. The van der Waals surface area contributed by atoms with Crippen molar-refractivity contribution in [2.24, 2.45) is 0 Å². The molecule has 4 N–H and O–H groups in total. The number of rotatable bonds is 2. The highest BCUT2D eigenvalue weighted by Crippen LogP contribution is 2.45. The van der Waals surface area contributed by atoms with Crippen LogP contribution in [0.5, 0.6) is 23.0 Å². The van der Waals surface area contributed by atoms with Gasteiger partial charge in [0.15, 0.2) is 17.3 Å². The van der Waals surface area contributed by atoms with E-state index in [4.69, 9.17) is 4.74 Å². The lowest BCUT2D eigenvalue weighted by Gasteiger charge is -2.23. The number of aryl methyl sites for hydroxylation is 1. The predicted molar refractivity (Wildman–Crippen MR) is 82.0 cm³/mol. The van der Waals surface area contributed by atoms with Crippen molar-refractivity contribution in [2.45, 2.75) is 13.5 Å². The number of aromatic hydroxyl groups is 3. The Balaban J connectivity index is 2.41. The van der Waals surface area contributed by atoms with E-state index < -0.39 is 29.7 Å². The quantitative estimate of drug-likeness (QED) is 0.559. The molecule has 0 saturated carbocycles. The van der Waals surface area contributed by atoms with Crippen molar-refractivity contribution >= 4 is 11.6 Å². The maximum atomic E-state index is 12.8. The molecule has 0 heterocycles. The second-order valence-corrected chi connectivity index (χ2v) is 5.46. The zero-order chi connectivity index (χ0) is 17.8. The number of hydrogen-bond donors (Lipinski definition) is 4. The minimum Gasteiger partial charge on any atom is -0.507 e. The number of phenolic OH excluding ortho intramolecular Hbond substituents is 1. The summed E-state index contributed by atoms with van der Waals surface area (Å²) in [7, 11) is 1.25. The SMILES string of the molecule is COc1c(O)c(C)cc2c1C(=O)c1c(cc(O)c(CO)c1O)C2=O. The summed E-state index contributed by atoms with van der Waals surface area (Å²) in [6.07, 6.45) is 0. The molecule has 0 aromatic heterocycles. The molecule has 0 spiro atoms. The van der Waals surface area contributed by atoms with Crippen LogP contribution < -0.4 is 4.74 Å². The Morgan fingerprint density at radius 2 is 1.58 bits per heavy atom. The molecule has 1 aliphatic rings. The first kappa shape index (κ1) is 15.8. The third-order valence-electron chi connectivity index (χ3n) is 4.13. The highest BCUT2D eigenvalue weighted by molar-refractivity contribution is 6.30. The van der Waals surface area contributed by atoms with Crippen molar-refractivity contribution in [2.75, 3.05) is 7.11 Å². The van der Waals surface area contributed by atoms with E-state index in [0.29, 0.717) is 5.56 Å². The van der Waals surface area contributed by atoms with Crippen LogP contribution >= 0.6 is 0 Å². The fraction of sp³-hybridized carbons (Fsp3) is 0.176. The lowest BCUT2D eigenvalue weighted by Crippen LogP contribution is -2.22. The largest absolute Gasteiger partial charge is 0.507 e. The van der Waals surface area contributed by atoms with Gasteiger partial charge in [0.05, 0.1) is 30.4 Å². The Morgan fingerprint density at radius 1 is 0.958 bits per heavy atom. The van der Waals surface area contributed by atoms with Crippen LogP contribution in [0, 0.1) is 6.92 Å². The van der Waals surface area contributed by atoms with Gasteiger partial charge < -0.3 is 25.2 Å². The second kappa shape index (κ2) is 5.24. The van der Waals surface area contributed by atoms with E-state index in [0.717, 1.165) is 6.07 Å².